The van der Waals surface area contributed by atoms with Gasteiger partial charge in [-0.05, 0) is 34.7 Å². The molecule has 7 aromatic carbocycles. The van der Waals surface area contributed by atoms with E-state index in [1.807, 2.05) is 0 Å². The number of aryl methyl sites for hydroxylation is 3. The van der Waals surface area contributed by atoms with Gasteiger partial charge in [0.1, 0.15) is 0 Å². The molecule has 0 nitrogen and oxygen atoms in total. The molecule has 0 aliphatic heterocycles. The van der Waals surface area contributed by atoms with Crippen molar-refractivity contribution in [1.29, 1.82) is 0 Å². The van der Waals surface area contributed by atoms with Gasteiger partial charge < -0.3 is 14.9 Å². The summed E-state index contributed by atoms with van der Waals surface area (Å²) in [5.41, 5.74) is 10.7. The van der Waals surface area contributed by atoms with E-state index in [1.165, 1.54) is 100 Å². The van der Waals surface area contributed by atoms with Gasteiger partial charge >= 0.3 is 30.2 Å². The van der Waals surface area contributed by atoms with Gasteiger partial charge in [0.25, 0.3) is 0 Å². The Kier molecular flexibility index (Phi) is 12.5. The third-order valence-corrected chi connectivity index (χ3v) is 8.10. The Balaban J connectivity index is 0.000000222. The average Bonchev–Trinajstić information content (AvgIpc) is 3.63. The van der Waals surface area contributed by atoms with Crippen LogP contribution in [0.15, 0.2) is 121 Å². The van der Waals surface area contributed by atoms with Crippen LogP contribution in [0.3, 0.4) is 0 Å². The van der Waals surface area contributed by atoms with Gasteiger partial charge in [0.2, 0.25) is 0 Å². The third-order valence-electron chi connectivity index (χ3n) is 8.10. The van der Waals surface area contributed by atoms with Crippen molar-refractivity contribution in [3.05, 3.63) is 158 Å². The van der Waals surface area contributed by atoms with Crippen LogP contribution in [0, 0.1) is 35.6 Å². The summed E-state index contributed by atoms with van der Waals surface area (Å²) in [4.78, 5) is 0. The maximum absolute atomic E-state index is 3.06. The molecule has 0 spiro atoms. The summed E-state index contributed by atoms with van der Waals surface area (Å²) in [5, 5.41) is 8.08. The molecule has 0 saturated carbocycles. The molecule has 222 valence electrons. The van der Waals surface area contributed by atoms with Crippen LogP contribution in [0.4, 0.5) is 0 Å². The van der Waals surface area contributed by atoms with E-state index in [1.54, 1.807) is 0 Å². The first-order chi connectivity index (χ1) is 20.4. The van der Waals surface area contributed by atoms with Crippen LogP contribution in [0.5, 0.6) is 0 Å². The Hall–Kier alpha value is -3.32. The molecule has 7 aromatic rings. The molecule has 0 aliphatic carbocycles. The number of benzene rings is 5. The second kappa shape index (κ2) is 15.6. The average molecular weight is 666 g/mol. The van der Waals surface area contributed by atoms with E-state index >= 15 is 0 Å². The van der Waals surface area contributed by atoms with Crippen molar-refractivity contribution in [2.24, 2.45) is 0 Å². The fourth-order valence-electron chi connectivity index (χ4n) is 5.94. The quantitative estimate of drug-likeness (QED) is 0.130. The Bertz CT molecular complexity index is 1980. The summed E-state index contributed by atoms with van der Waals surface area (Å²) in [6.45, 7) is 14.1. The number of fused-ring (bicyclic) bond motifs is 3. The van der Waals surface area contributed by atoms with Crippen molar-refractivity contribution < 1.29 is 23.3 Å². The summed E-state index contributed by atoms with van der Waals surface area (Å²) < 4.78 is 0. The third kappa shape index (κ3) is 7.31. The van der Waals surface area contributed by atoms with E-state index < -0.39 is 0 Å². The fourth-order valence-corrected chi connectivity index (χ4v) is 5.94. The molecule has 0 bridgehead atoms. The monoisotopic (exact) mass is 664 g/mol. The fraction of sp³-hybridized carbons (Fsp3) is 0.143. The van der Waals surface area contributed by atoms with Gasteiger partial charge in [-0.3, -0.25) is 0 Å². The van der Waals surface area contributed by atoms with Gasteiger partial charge in [-0.1, -0.05) is 123 Å². The first-order valence-electron chi connectivity index (χ1n) is 14.6. The summed E-state index contributed by atoms with van der Waals surface area (Å²) in [6, 6.07) is 44.3. The molecule has 0 heterocycles. The minimum atomic E-state index is 0. The first-order valence-corrected chi connectivity index (χ1v) is 18.7. The summed E-state index contributed by atoms with van der Waals surface area (Å²) in [5.74, 6) is 0.563. The van der Waals surface area contributed by atoms with E-state index in [4.69, 9.17) is 0 Å². The normalized spacial score (nSPS) is 10.4. The van der Waals surface area contributed by atoms with Gasteiger partial charge in [0.05, 0.1) is 0 Å². The zero-order chi connectivity index (χ0) is 29.8. The second-order valence-corrected chi connectivity index (χ2v) is 11.4. The van der Waals surface area contributed by atoms with Gasteiger partial charge in [-0.2, -0.15) is 12.1 Å². The van der Waals surface area contributed by atoms with Crippen LogP contribution in [0.1, 0.15) is 42.0 Å². The van der Waals surface area contributed by atoms with Crippen molar-refractivity contribution >= 4 is 39.2 Å². The first kappa shape index (κ1) is 35.2. The number of rotatable bonds is 3. The van der Waals surface area contributed by atoms with Crippen LogP contribution >= 0.6 is 0 Å². The van der Waals surface area contributed by atoms with E-state index in [0.29, 0.717) is 5.92 Å². The Morgan fingerprint density at radius 3 is 1.98 bits per heavy atom. The van der Waals surface area contributed by atoms with Crippen LogP contribution < -0.4 is 0 Å². The molecule has 0 atom stereocenters. The summed E-state index contributed by atoms with van der Waals surface area (Å²) in [7, 11) is 0. The second-order valence-electron chi connectivity index (χ2n) is 11.4. The molecule has 0 aliphatic rings. The summed E-state index contributed by atoms with van der Waals surface area (Å²) in [6.07, 6.45) is 0. The van der Waals surface area contributed by atoms with Crippen LogP contribution in [-0.2, 0) is 23.3 Å². The topological polar surface area (TPSA) is 0 Å². The summed E-state index contributed by atoms with van der Waals surface area (Å²) >= 11 is 1.36. The molecule has 0 saturated heterocycles. The Labute approximate surface area is 282 Å². The van der Waals surface area contributed by atoms with Gasteiger partial charge in [0, 0.05) is 0 Å². The molecular formula is C42H42SiZr-4. The maximum atomic E-state index is 3.06. The molecule has 7 rings (SSSR count). The Morgan fingerprint density at radius 1 is 0.591 bits per heavy atom. The van der Waals surface area contributed by atoms with E-state index in [0.717, 1.165) is 0 Å². The van der Waals surface area contributed by atoms with Crippen molar-refractivity contribution in [2.45, 2.75) is 40.5 Å². The van der Waals surface area contributed by atoms with Gasteiger partial charge in [-0.15, -0.1) is 68.6 Å². The van der Waals surface area contributed by atoms with Crippen molar-refractivity contribution in [2.75, 3.05) is 0 Å². The van der Waals surface area contributed by atoms with E-state index in [-0.39, 0.29) is 14.9 Å². The minimum absolute atomic E-state index is 0. The standard InChI is InChI=1S/C22H19.C18H17.2CH3.Si.Zr/c1-15(2)18-13-17-9-6-12-21(22(17)14-18)20-11-5-8-16-7-3-4-10-19(16)20;1-12-5-4-6-15(9-12)16-8-7-14(3)17-10-13(2)11-18(16)17;;;;/h3-15H,1-2H3;4-11H,1-3H3;2*1H3;;/q4*-1;;. The molecule has 2 heteroatoms. The molecule has 2 radical (unpaired) electrons. The predicted octanol–water partition coefficient (Wildman–Crippen LogP) is 12.2. The molecule has 0 aromatic heterocycles. The van der Waals surface area contributed by atoms with Crippen LogP contribution in [0.2, 0.25) is 0 Å². The van der Waals surface area contributed by atoms with Gasteiger partial charge in [0.15, 0.2) is 0 Å². The van der Waals surface area contributed by atoms with E-state index in [9.17, 15) is 0 Å². The zero-order valence-corrected chi connectivity index (χ0v) is 30.6. The van der Waals surface area contributed by atoms with Crippen molar-refractivity contribution in [3.8, 4) is 22.3 Å². The zero-order valence-electron chi connectivity index (χ0n) is 27.1. The number of hydrogen-bond acceptors (Lipinski definition) is 0. The molecular weight excluding hydrogens is 624 g/mol. The van der Waals surface area contributed by atoms with E-state index in [2.05, 4.69) is 163 Å². The predicted molar refractivity (Wildman–Crippen MR) is 194 cm³/mol. The molecule has 0 N–H and O–H groups in total. The van der Waals surface area contributed by atoms with Crippen molar-refractivity contribution in [3.63, 3.8) is 0 Å². The Morgan fingerprint density at radius 2 is 1.25 bits per heavy atom. The molecule has 0 fully saturated rings. The van der Waals surface area contributed by atoms with Gasteiger partial charge in [-0.25, -0.2) is 0 Å². The molecule has 44 heavy (non-hydrogen) atoms. The van der Waals surface area contributed by atoms with Crippen LogP contribution in [0.25, 0.3) is 54.6 Å². The van der Waals surface area contributed by atoms with Crippen molar-refractivity contribution in [1.82, 2.24) is 0 Å². The van der Waals surface area contributed by atoms with Crippen LogP contribution in [-0.4, -0.2) is 6.88 Å². The molecule has 0 amide bonds. The number of hydrogen-bond donors (Lipinski definition) is 0. The SMILES string of the molecule is CC(C)c1cc2c(-c3cccc4ccccc34)cccc2[cH-]1.Cc1cccc(-c2ccc(C)c3[cH-]c(C)cc23)c1.[CH3-].[CH3-].[Si]=[Zr]. The molecule has 0 unspecified atom stereocenters.